The number of aryl methyl sites for hydroxylation is 2. The minimum atomic E-state index is -0.276. The molecule has 0 aliphatic heterocycles. The summed E-state index contributed by atoms with van der Waals surface area (Å²) in [5.41, 5.74) is 3.58. The lowest BCUT2D eigenvalue weighted by Crippen LogP contribution is -2.22. The molecule has 0 aliphatic carbocycles. The molecule has 0 saturated heterocycles. The van der Waals surface area contributed by atoms with Crippen LogP contribution in [0.5, 0.6) is 11.5 Å². The summed E-state index contributed by atoms with van der Waals surface area (Å²) in [6, 6.07) is 9.30. The van der Waals surface area contributed by atoms with Crippen molar-refractivity contribution >= 4 is 51.3 Å². The fourth-order valence-corrected chi connectivity index (χ4v) is 4.81. The zero-order chi connectivity index (χ0) is 26.2. The Bertz CT molecular complexity index is 1270. The Morgan fingerprint density at radius 3 is 2.44 bits per heavy atom. The Hall–Kier alpha value is -3.31. The van der Waals surface area contributed by atoms with E-state index in [4.69, 9.17) is 9.47 Å². The second kappa shape index (κ2) is 12.6. The summed E-state index contributed by atoms with van der Waals surface area (Å²) in [6.07, 6.45) is 3.12. The van der Waals surface area contributed by atoms with Crippen LogP contribution in [0.25, 0.3) is 6.08 Å². The molecule has 0 aliphatic rings. The molecule has 0 atom stereocenters. The van der Waals surface area contributed by atoms with Crippen molar-refractivity contribution < 1.29 is 19.1 Å². The number of rotatable bonds is 10. The van der Waals surface area contributed by atoms with Crippen molar-refractivity contribution in [1.82, 2.24) is 20.1 Å². The van der Waals surface area contributed by atoms with Crippen LogP contribution in [-0.2, 0) is 23.2 Å². The molecule has 0 saturated carbocycles. The van der Waals surface area contributed by atoms with Gasteiger partial charge in [0.05, 0.1) is 26.5 Å². The first-order valence-electron chi connectivity index (χ1n) is 11.0. The zero-order valence-corrected chi connectivity index (χ0v) is 23.1. The van der Waals surface area contributed by atoms with Crippen molar-refractivity contribution in [3.63, 3.8) is 0 Å². The van der Waals surface area contributed by atoms with Gasteiger partial charge in [0.2, 0.25) is 11.8 Å². The van der Waals surface area contributed by atoms with Crippen molar-refractivity contribution in [3.8, 4) is 11.5 Å². The normalized spacial score (nSPS) is 10.9. The van der Waals surface area contributed by atoms with Gasteiger partial charge < -0.3 is 24.7 Å². The monoisotopic (exact) mass is 573 g/mol. The lowest BCUT2D eigenvalue weighted by molar-refractivity contribution is -0.116. The van der Waals surface area contributed by atoms with Crippen LogP contribution >= 0.6 is 27.7 Å². The SMILES string of the molecule is COc1ccc(/C=C/C(=O)NCc2nnc(SCC(=O)Nc3c(C)cc(Br)cc3C)n2C)cc1OC. The maximum Gasteiger partial charge on any atom is 0.244 e. The maximum absolute atomic E-state index is 12.5. The van der Waals surface area contributed by atoms with E-state index in [1.54, 1.807) is 44.0 Å². The quantitative estimate of drug-likeness (QED) is 0.275. The third-order valence-electron chi connectivity index (χ3n) is 5.27. The number of hydrogen-bond acceptors (Lipinski definition) is 7. The van der Waals surface area contributed by atoms with Gasteiger partial charge in [0, 0.05) is 23.3 Å². The smallest absolute Gasteiger partial charge is 0.244 e. The van der Waals surface area contributed by atoms with Crippen LogP contribution in [0.15, 0.2) is 46.0 Å². The standard InChI is InChI=1S/C25H28BrN5O4S/c1-15-10-18(26)11-16(2)24(15)28-23(33)14-36-25-30-29-21(31(25)3)13-27-22(32)9-7-17-6-8-19(34-4)20(12-17)35-5/h6-12H,13-14H2,1-5H3,(H,27,32)(H,28,33)/b9-7+. The van der Waals surface area contributed by atoms with Gasteiger partial charge in [-0.1, -0.05) is 33.8 Å². The first-order chi connectivity index (χ1) is 17.2. The Morgan fingerprint density at radius 2 is 1.78 bits per heavy atom. The number of anilines is 1. The summed E-state index contributed by atoms with van der Waals surface area (Å²) in [6.45, 7) is 4.10. The minimum Gasteiger partial charge on any atom is -0.493 e. The first kappa shape index (κ1) is 27.3. The Kier molecular flexibility index (Phi) is 9.54. The second-order valence-corrected chi connectivity index (χ2v) is 9.73. The lowest BCUT2D eigenvalue weighted by Gasteiger charge is -2.12. The molecule has 36 heavy (non-hydrogen) atoms. The lowest BCUT2D eigenvalue weighted by atomic mass is 10.1. The van der Waals surface area contributed by atoms with Crippen LogP contribution in [0.2, 0.25) is 0 Å². The van der Waals surface area contributed by atoms with E-state index in [0.717, 1.165) is 26.9 Å². The molecule has 2 amide bonds. The molecule has 11 heteroatoms. The Labute approximate surface area is 222 Å². The third kappa shape index (κ3) is 7.11. The molecule has 0 fully saturated rings. The van der Waals surface area contributed by atoms with E-state index in [2.05, 4.69) is 36.8 Å². The summed E-state index contributed by atoms with van der Waals surface area (Å²) < 4.78 is 13.2. The van der Waals surface area contributed by atoms with E-state index >= 15 is 0 Å². The van der Waals surface area contributed by atoms with Crippen molar-refractivity contribution in [2.24, 2.45) is 7.05 Å². The van der Waals surface area contributed by atoms with Crippen LogP contribution in [0.3, 0.4) is 0 Å². The maximum atomic E-state index is 12.5. The summed E-state index contributed by atoms with van der Waals surface area (Å²) >= 11 is 4.74. The number of benzene rings is 2. The summed E-state index contributed by atoms with van der Waals surface area (Å²) in [5, 5.41) is 14.6. The highest BCUT2D eigenvalue weighted by molar-refractivity contribution is 9.10. The molecule has 0 radical (unpaired) electrons. The highest BCUT2D eigenvalue weighted by Crippen LogP contribution is 2.28. The third-order valence-corrected chi connectivity index (χ3v) is 6.75. The molecule has 2 N–H and O–H groups in total. The van der Waals surface area contributed by atoms with Gasteiger partial charge in [-0.2, -0.15) is 0 Å². The fourth-order valence-electron chi connectivity index (χ4n) is 3.39. The fraction of sp³-hybridized carbons (Fsp3) is 0.280. The number of methoxy groups -OCH3 is 2. The number of ether oxygens (including phenoxy) is 2. The minimum absolute atomic E-state index is 0.133. The molecule has 3 aromatic rings. The van der Waals surface area contributed by atoms with Gasteiger partial charge in [-0.05, 0) is 60.9 Å². The van der Waals surface area contributed by atoms with Crippen molar-refractivity contribution in [2.75, 3.05) is 25.3 Å². The van der Waals surface area contributed by atoms with E-state index in [9.17, 15) is 9.59 Å². The number of nitrogens with one attached hydrogen (secondary N) is 2. The van der Waals surface area contributed by atoms with E-state index < -0.39 is 0 Å². The first-order valence-corrected chi connectivity index (χ1v) is 12.7. The zero-order valence-electron chi connectivity index (χ0n) is 20.7. The second-order valence-electron chi connectivity index (χ2n) is 7.87. The Balaban J connectivity index is 1.52. The molecule has 0 unspecified atom stereocenters. The van der Waals surface area contributed by atoms with Gasteiger partial charge in [0.25, 0.3) is 0 Å². The molecule has 0 bridgehead atoms. The van der Waals surface area contributed by atoms with Crippen LogP contribution in [0, 0.1) is 13.8 Å². The van der Waals surface area contributed by atoms with Crippen LogP contribution in [0.1, 0.15) is 22.5 Å². The van der Waals surface area contributed by atoms with Crippen LogP contribution in [0.4, 0.5) is 5.69 Å². The van der Waals surface area contributed by atoms with Gasteiger partial charge in [-0.15, -0.1) is 10.2 Å². The van der Waals surface area contributed by atoms with Gasteiger partial charge >= 0.3 is 0 Å². The number of halogens is 1. The topological polar surface area (TPSA) is 107 Å². The largest absolute Gasteiger partial charge is 0.493 e. The molecular formula is C25H28BrN5O4S. The number of hydrogen-bond donors (Lipinski definition) is 2. The molecular weight excluding hydrogens is 546 g/mol. The molecule has 0 spiro atoms. The number of thioether (sulfide) groups is 1. The number of carbonyl (C=O) groups is 2. The van der Waals surface area contributed by atoms with Crippen LogP contribution in [-0.4, -0.2) is 46.6 Å². The molecule has 1 aromatic heterocycles. The average molecular weight is 575 g/mol. The van der Waals surface area contributed by atoms with Gasteiger partial charge in [0.15, 0.2) is 22.5 Å². The van der Waals surface area contributed by atoms with E-state index in [0.29, 0.717) is 22.5 Å². The van der Waals surface area contributed by atoms with Crippen molar-refractivity contribution in [3.05, 3.63) is 63.4 Å². The number of nitrogens with zero attached hydrogens (tertiary/aromatic N) is 3. The van der Waals surface area contributed by atoms with E-state index in [-0.39, 0.29) is 24.1 Å². The predicted octanol–water partition coefficient (Wildman–Crippen LogP) is 4.27. The molecule has 2 aromatic carbocycles. The number of carbonyl (C=O) groups excluding carboxylic acids is 2. The summed E-state index contributed by atoms with van der Waals surface area (Å²) in [5.74, 6) is 1.55. The summed E-state index contributed by atoms with van der Waals surface area (Å²) in [4.78, 5) is 24.8. The molecule has 190 valence electrons. The van der Waals surface area contributed by atoms with Gasteiger partial charge in [0.1, 0.15) is 0 Å². The molecule has 3 rings (SSSR count). The average Bonchev–Trinajstić information content (AvgIpc) is 3.21. The van der Waals surface area contributed by atoms with Crippen molar-refractivity contribution in [1.29, 1.82) is 0 Å². The molecule has 9 nitrogen and oxygen atoms in total. The predicted molar refractivity (Wildman–Crippen MR) is 144 cm³/mol. The summed E-state index contributed by atoms with van der Waals surface area (Å²) in [7, 11) is 4.92. The highest BCUT2D eigenvalue weighted by Gasteiger charge is 2.14. The highest BCUT2D eigenvalue weighted by atomic mass is 79.9. The molecule has 1 heterocycles. The Morgan fingerprint density at radius 1 is 1.08 bits per heavy atom. The van der Waals surface area contributed by atoms with Gasteiger partial charge in [-0.25, -0.2) is 0 Å². The number of amides is 2. The van der Waals surface area contributed by atoms with E-state index in [1.807, 2.05) is 32.0 Å². The number of aromatic nitrogens is 3. The van der Waals surface area contributed by atoms with E-state index in [1.165, 1.54) is 17.8 Å². The van der Waals surface area contributed by atoms with Crippen LogP contribution < -0.4 is 20.1 Å². The van der Waals surface area contributed by atoms with Crippen molar-refractivity contribution in [2.45, 2.75) is 25.5 Å². The van der Waals surface area contributed by atoms with Gasteiger partial charge in [-0.3, -0.25) is 9.59 Å².